The van der Waals surface area contributed by atoms with Gasteiger partial charge in [0.15, 0.2) is 0 Å². The maximum atomic E-state index is 12.4. The number of benzene rings is 1. The van der Waals surface area contributed by atoms with Gasteiger partial charge in [-0.3, -0.25) is 9.59 Å². The maximum absolute atomic E-state index is 12.4. The summed E-state index contributed by atoms with van der Waals surface area (Å²) in [6.07, 6.45) is -4.86. The zero-order chi connectivity index (χ0) is 17.2. The Morgan fingerprint density at radius 2 is 1.91 bits per heavy atom. The highest BCUT2D eigenvalue weighted by atomic mass is 19.4. The van der Waals surface area contributed by atoms with Crippen LogP contribution in [0.4, 0.5) is 13.2 Å². The topological polar surface area (TPSA) is 49.4 Å². The summed E-state index contributed by atoms with van der Waals surface area (Å²) >= 11 is 0. The highest BCUT2D eigenvalue weighted by Gasteiger charge is 2.46. The van der Waals surface area contributed by atoms with Crippen LogP contribution in [0, 0.1) is 5.92 Å². The molecule has 0 bridgehead atoms. The summed E-state index contributed by atoms with van der Waals surface area (Å²) in [4.78, 5) is 25.1. The van der Waals surface area contributed by atoms with E-state index in [-0.39, 0.29) is 18.4 Å². The molecule has 1 aliphatic heterocycles. The van der Waals surface area contributed by atoms with Crippen LogP contribution in [0.15, 0.2) is 30.3 Å². The number of carbonyl (C=O) groups excluding carboxylic acids is 2. The Kier molecular flexibility index (Phi) is 4.97. The smallest absolute Gasteiger partial charge is 0.336 e. The lowest BCUT2D eigenvalue weighted by molar-refractivity contribution is -0.174. The molecular formula is C16H19F3N2O2. The van der Waals surface area contributed by atoms with Gasteiger partial charge in [-0.15, -0.1) is 0 Å². The van der Waals surface area contributed by atoms with E-state index in [4.69, 9.17) is 0 Å². The lowest BCUT2D eigenvalue weighted by atomic mass is 10.0. The molecule has 1 heterocycles. The van der Waals surface area contributed by atoms with Crippen LogP contribution >= 0.6 is 0 Å². The molecule has 1 aromatic carbocycles. The molecule has 1 saturated heterocycles. The Bertz CT molecular complexity index is 572. The molecule has 2 atom stereocenters. The van der Waals surface area contributed by atoms with Crippen molar-refractivity contribution in [3.63, 3.8) is 0 Å². The first-order chi connectivity index (χ1) is 10.7. The quantitative estimate of drug-likeness (QED) is 0.924. The average Bonchev–Trinajstić information content (AvgIpc) is 2.76. The summed E-state index contributed by atoms with van der Waals surface area (Å²) < 4.78 is 37.3. The first kappa shape index (κ1) is 17.3. The van der Waals surface area contributed by atoms with Crippen LogP contribution in [-0.4, -0.2) is 35.5 Å². The van der Waals surface area contributed by atoms with Crippen molar-refractivity contribution in [2.75, 3.05) is 6.54 Å². The second-order valence-corrected chi connectivity index (χ2v) is 6.07. The molecule has 2 amide bonds. The molecule has 4 nitrogen and oxygen atoms in total. The number of nitrogens with zero attached hydrogens (tertiary/aromatic N) is 1. The van der Waals surface area contributed by atoms with Gasteiger partial charge in [-0.05, 0) is 11.5 Å². The van der Waals surface area contributed by atoms with E-state index >= 15 is 0 Å². The summed E-state index contributed by atoms with van der Waals surface area (Å²) in [7, 11) is 0. The molecule has 0 radical (unpaired) electrons. The number of alkyl halides is 3. The SMILES string of the molecule is CC(C)CN1C(=O)C(NC(=O)C(F)(F)F)CC1c1ccccc1. The molecule has 7 heteroatoms. The summed E-state index contributed by atoms with van der Waals surface area (Å²) in [6, 6.07) is 7.65. The van der Waals surface area contributed by atoms with Crippen LogP contribution in [0.2, 0.25) is 0 Å². The second kappa shape index (κ2) is 6.60. The summed E-state index contributed by atoms with van der Waals surface area (Å²) in [5.74, 6) is -2.37. The molecule has 0 aliphatic carbocycles. The fourth-order valence-electron chi connectivity index (χ4n) is 2.77. The number of halogens is 3. The molecule has 23 heavy (non-hydrogen) atoms. The fourth-order valence-corrected chi connectivity index (χ4v) is 2.77. The number of amides is 2. The molecule has 0 aromatic heterocycles. The van der Waals surface area contributed by atoms with Crippen LogP contribution in [0.5, 0.6) is 0 Å². The minimum absolute atomic E-state index is 0.136. The molecule has 2 rings (SSSR count). The standard InChI is InChI=1S/C16H19F3N2O2/c1-10(2)9-21-13(11-6-4-3-5-7-11)8-12(14(21)22)20-15(23)16(17,18)19/h3-7,10,12-13H,8-9H2,1-2H3,(H,20,23). The third kappa shape index (κ3) is 4.03. The van der Waals surface area contributed by atoms with Crippen molar-refractivity contribution in [1.29, 1.82) is 0 Å². The Labute approximate surface area is 132 Å². The van der Waals surface area contributed by atoms with Gasteiger partial charge in [0.2, 0.25) is 5.91 Å². The molecule has 1 N–H and O–H groups in total. The van der Waals surface area contributed by atoms with Gasteiger partial charge in [0, 0.05) is 13.0 Å². The predicted molar refractivity (Wildman–Crippen MR) is 78.3 cm³/mol. The van der Waals surface area contributed by atoms with Gasteiger partial charge in [0.05, 0.1) is 6.04 Å². The van der Waals surface area contributed by atoms with Gasteiger partial charge in [0.25, 0.3) is 0 Å². The van der Waals surface area contributed by atoms with Crippen LogP contribution in [0.25, 0.3) is 0 Å². The van der Waals surface area contributed by atoms with Crippen LogP contribution < -0.4 is 5.32 Å². The van der Waals surface area contributed by atoms with Gasteiger partial charge in [0.1, 0.15) is 6.04 Å². The fraction of sp³-hybridized carbons (Fsp3) is 0.500. The van der Waals surface area contributed by atoms with Gasteiger partial charge in [-0.25, -0.2) is 0 Å². The number of carbonyl (C=O) groups is 2. The summed E-state index contributed by atoms with van der Waals surface area (Å²) in [6.45, 7) is 4.28. The zero-order valence-corrected chi connectivity index (χ0v) is 12.9. The van der Waals surface area contributed by atoms with Crippen molar-refractivity contribution < 1.29 is 22.8 Å². The van der Waals surface area contributed by atoms with Gasteiger partial charge >= 0.3 is 12.1 Å². The lowest BCUT2D eigenvalue weighted by Gasteiger charge is -2.26. The Balaban J connectivity index is 2.21. The average molecular weight is 328 g/mol. The molecule has 1 fully saturated rings. The number of hydrogen-bond donors (Lipinski definition) is 1. The molecule has 126 valence electrons. The van der Waals surface area contributed by atoms with Crippen molar-refractivity contribution in [2.45, 2.75) is 38.5 Å². The molecular weight excluding hydrogens is 309 g/mol. The van der Waals surface area contributed by atoms with Crippen molar-refractivity contribution >= 4 is 11.8 Å². The van der Waals surface area contributed by atoms with E-state index in [1.54, 1.807) is 4.90 Å². The first-order valence-electron chi connectivity index (χ1n) is 7.43. The first-order valence-corrected chi connectivity index (χ1v) is 7.43. The Morgan fingerprint density at radius 1 is 1.30 bits per heavy atom. The predicted octanol–water partition coefficient (Wildman–Crippen LogP) is 2.66. The summed E-state index contributed by atoms with van der Waals surface area (Å²) in [5.41, 5.74) is 0.852. The minimum Gasteiger partial charge on any atom is -0.336 e. The van der Waals surface area contributed by atoms with E-state index in [9.17, 15) is 22.8 Å². The van der Waals surface area contributed by atoms with Crippen LogP contribution in [0.1, 0.15) is 31.9 Å². The third-order valence-corrected chi connectivity index (χ3v) is 3.73. The highest BCUT2D eigenvalue weighted by Crippen LogP contribution is 2.34. The van der Waals surface area contributed by atoms with E-state index in [0.29, 0.717) is 6.54 Å². The Morgan fingerprint density at radius 3 is 2.43 bits per heavy atom. The molecule has 1 aromatic rings. The van der Waals surface area contributed by atoms with Gasteiger partial charge < -0.3 is 10.2 Å². The van der Waals surface area contributed by atoms with Crippen LogP contribution in [-0.2, 0) is 9.59 Å². The van der Waals surface area contributed by atoms with Crippen molar-refractivity contribution in [3.05, 3.63) is 35.9 Å². The maximum Gasteiger partial charge on any atom is 0.471 e. The number of rotatable bonds is 4. The van der Waals surface area contributed by atoms with Gasteiger partial charge in [-0.1, -0.05) is 44.2 Å². The largest absolute Gasteiger partial charge is 0.471 e. The Hall–Kier alpha value is -2.05. The van der Waals surface area contributed by atoms with E-state index < -0.39 is 24.0 Å². The van der Waals surface area contributed by atoms with E-state index in [1.165, 1.54) is 0 Å². The normalized spacial score (nSPS) is 21.8. The van der Waals surface area contributed by atoms with Crippen molar-refractivity contribution in [3.8, 4) is 0 Å². The third-order valence-electron chi connectivity index (χ3n) is 3.73. The molecule has 0 saturated carbocycles. The molecule has 1 aliphatic rings. The number of hydrogen-bond acceptors (Lipinski definition) is 2. The van der Waals surface area contributed by atoms with Crippen molar-refractivity contribution in [2.24, 2.45) is 5.92 Å². The number of likely N-dealkylation sites (tertiary alicyclic amines) is 1. The van der Waals surface area contributed by atoms with E-state index in [2.05, 4.69) is 0 Å². The lowest BCUT2D eigenvalue weighted by Crippen LogP contribution is -2.47. The van der Waals surface area contributed by atoms with Crippen molar-refractivity contribution in [1.82, 2.24) is 10.2 Å². The zero-order valence-electron chi connectivity index (χ0n) is 12.9. The van der Waals surface area contributed by atoms with E-state index in [0.717, 1.165) is 5.56 Å². The van der Waals surface area contributed by atoms with Gasteiger partial charge in [-0.2, -0.15) is 13.2 Å². The highest BCUT2D eigenvalue weighted by molar-refractivity contribution is 5.91. The minimum atomic E-state index is -4.99. The second-order valence-electron chi connectivity index (χ2n) is 6.07. The monoisotopic (exact) mass is 328 g/mol. The molecule has 0 spiro atoms. The van der Waals surface area contributed by atoms with Crippen LogP contribution in [0.3, 0.4) is 0 Å². The summed E-state index contributed by atoms with van der Waals surface area (Å²) in [5, 5.41) is 1.82. The van der Waals surface area contributed by atoms with E-state index in [1.807, 2.05) is 49.5 Å². The number of nitrogens with one attached hydrogen (secondary N) is 1. The molecule has 2 unspecified atom stereocenters.